The highest BCUT2D eigenvalue weighted by atomic mass is 16.6. The number of fused-ring (bicyclic) bond motifs is 1. The van der Waals surface area contributed by atoms with Crippen molar-refractivity contribution in [3.05, 3.63) is 24.2 Å². The van der Waals surface area contributed by atoms with Gasteiger partial charge in [0.1, 0.15) is 30.1 Å². The molecule has 27 heavy (non-hydrogen) atoms. The van der Waals surface area contributed by atoms with Crippen LogP contribution in [0.4, 0.5) is 5.82 Å². The topological polar surface area (TPSA) is 162 Å². The molecule has 1 saturated heterocycles. The zero-order chi connectivity index (χ0) is 19.8. The normalized spacial score (nSPS) is 27.7. The Hall–Kier alpha value is -2.78. The van der Waals surface area contributed by atoms with E-state index in [0.29, 0.717) is 5.52 Å². The molecular weight excluding hydrogens is 358 g/mol. The van der Waals surface area contributed by atoms with Crippen LogP contribution in [-0.4, -0.2) is 60.9 Å². The van der Waals surface area contributed by atoms with E-state index in [1.165, 1.54) is 16.6 Å². The Morgan fingerprint density at radius 3 is 2.89 bits per heavy atom. The number of nitrogens with zero attached hydrogens (tertiary/aromatic N) is 4. The molecule has 144 valence electrons. The van der Waals surface area contributed by atoms with Gasteiger partial charge in [-0.15, -0.1) is 0 Å². The SMILES string of the molecule is CC(C)C(=O)O[C@@H]1[C@H](O)[C@@H](CO)O[C@@]1(C#N)c1ccc2c(NO)ncnn12. The molecule has 3 heterocycles. The lowest BCUT2D eigenvalue weighted by Gasteiger charge is -2.28. The van der Waals surface area contributed by atoms with Gasteiger partial charge in [0.05, 0.1) is 18.2 Å². The van der Waals surface area contributed by atoms with E-state index >= 15 is 0 Å². The van der Waals surface area contributed by atoms with Gasteiger partial charge in [0, 0.05) is 0 Å². The van der Waals surface area contributed by atoms with Crippen molar-refractivity contribution in [2.75, 3.05) is 12.1 Å². The average molecular weight is 377 g/mol. The number of carbonyl (C=O) groups is 1. The summed E-state index contributed by atoms with van der Waals surface area (Å²) in [6, 6.07) is 4.97. The Morgan fingerprint density at radius 2 is 2.30 bits per heavy atom. The Labute approximate surface area is 153 Å². The van der Waals surface area contributed by atoms with Crippen LogP contribution in [0.15, 0.2) is 18.5 Å². The first-order valence-corrected chi connectivity index (χ1v) is 8.21. The van der Waals surface area contributed by atoms with Crippen LogP contribution in [0.3, 0.4) is 0 Å². The molecule has 1 aliphatic heterocycles. The van der Waals surface area contributed by atoms with Crippen LogP contribution in [0.2, 0.25) is 0 Å². The highest BCUT2D eigenvalue weighted by Gasteiger charge is 2.60. The summed E-state index contributed by atoms with van der Waals surface area (Å²) in [6.45, 7) is 2.64. The number of hydrogen-bond donors (Lipinski definition) is 4. The van der Waals surface area contributed by atoms with Gasteiger partial charge in [-0.25, -0.2) is 9.50 Å². The summed E-state index contributed by atoms with van der Waals surface area (Å²) in [5.41, 5.74) is 0.467. The molecule has 0 aliphatic carbocycles. The molecule has 0 unspecified atom stereocenters. The van der Waals surface area contributed by atoms with Gasteiger partial charge in [0.25, 0.3) is 0 Å². The molecule has 0 spiro atoms. The Morgan fingerprint density at radius 1 is 1.56 bits per heavy atom. The number of anilines is 1. The molecule has 0 amide bonds. The summed E-state index contributed by atoms with van der Waals surface area (Å²) in [7, 11) is 0. The lowest BCUT2D eigenvalue weighted by Crippen LogP contribution is -2.45. The molecule has 2 aromatic heterocycles. The molecule has 0 saturated carbocycles. The number of esters is 1. The summed E-state index contributed by atoms with van der Waals surface area (Å²) in [4.78, 5) is 16.0. The van der Waals surface area contributed by atoms with Crippen molar-refractivity contribution in [3.8, 4) is 6.07 Å². The Balaban J connectivity index is 2.16. The number of ether oxygens (including phenoxy) is 2. The second-order valence-electron chi connectivity index (χ2n) is 6.43. The predicted octanol–water partition coefficient (Wildman–Crippen LogP) is -0.431. The zero-order valence-corrected chi connectivity index (χ0v) is 14.6. The molecule has 0 bridgehead atoms. The third-order valence-electron chi connectivity index (χ3n) is 4.43. The van der Waals surface area contributed by atoms with Crippen molar-refractivity contribution in [1.82, 2.24) is 14.6 Å². The predicted molar refractivity (Wildman–Crippen MR) is 88.4 cm³/mol. The number of rotatable bonds is 5. The zero-order valence-electron chi connectivity index (χ0n) is 14.6. The molecule has 0 aromatic carbocycles. The van der Waals surface area contributed by atoms with E-state index in [9.17, 15) is 25.5 Å². The van der Waals surface area contributed by atoms with Gasteiger partial charge in [-0.3, -0.25) is 15.5 Å². The minimum atomic E-state index is -1.93. The quantitative estimate of drug-likeness (QED) is 0.397. The molecule has 3 rings (SSSR count). The minimum absolute atomic E-state index is 0.0809. The van der Waals surface area contributed by atoms with E-state index in [4.69, 9.17) is 9.47 Å². The first-order valence-electron chi connectivity index (χ1n) is 8.21. The molecule has 11 heteroatoms. The Bertz CT molecular complexity index is 893. The summed E-state index contributed by atoms with van der Waals surface area (Å²) < 4.78 is 12.3. The molecular formula is C16H19N5O6. The number of aliphatic hydroxyl groups excluding tert-OH is 2. The van der Waals surface area contributed by atoms with Gasteiger partial charge < -0.3 is 19.7 Å². The van der Waals surface area contributed by atoms with Crippen LogP contribution in [-0.2, 0) is 19.9 Å². The number of nitriles is 1. The molecule has 1 fully saturated rings. The van der Waals surface area contributed by atoms with E-state index in [1.54, 1.807) is 13.8 Å². The number of nitrogens with one attached hydrogen (secondary N) is 1. The van der Waals surface area contributed by atoms with Crippen LogP contribution in [0.1, 0.15) is 19.5 Å². The van der Waals surface area contributed by atoms with Crippen LogP contribution in [0.5, 0.6) is 0 Å². The molecule has 11 nitrogen and oxygen atoms in total. The second kappa shape index (κ2) is 7.09. The lowest BCUT2D eigenvalue weighted by molar-refractivity contribution is -0.163. The van der Waals surface area contributed by atoms with Gasteiger partial charge in [-0.2, -0.15) is 10.4 Å². The van der Waals surface area contributed by atoms with E-state index in [-0.39, 0.29) is 11.5 Å². The molecule has 0 radical (unpaired) electrons. The first kappa shape index (κ1) is 19.0. The highest BCUT2D eigenvalue weighted by Crippen LogP contribution is 2.42. The lowest BCUT2D eigenvalue weighted by atomic mass is 9.92. The maximum Gasteiger partial charge on any atom is 0.308 e. The molecule has 2 aromatic rings. The minimum Gasteiger partial charge on any atom is -0.455 e. The fourth-order valence-corrected chi connectivity index (χ4v) is 3.02. The van der Waals surface area contributed by atoms with Crippen molar-refractivity contribution >= 4 is 17.3 Å². The smallest absolute Gasteiger partial charge is 0.308 e. The van der Waals surface area contributed by atoms with E-state index in [0.717, 1.165) is 6.33 Å². The van der Waals surface area contributed by atoms with Crippen LogP contribution < -0.4 is 5.48 Å². The molecule has 4 atom stereocenters. The summed E-state index contributed by atoms with van der Waals surface area (Å²) >= 11 is 0. The van der Waals surface area contributed by atoms with Gasteiger partial charge in [-0.05, 0) is 12.1 Å². The number of carbonyl (C=O) groups excluding carboxylic acids is 1. The van der Waals surface area contributed by atoms with Crippen LogP contribution in [0.25, 0.3) is 5.52 Å². The maximum atomic E-state index is 12.1. The average Bonchev–Trinajstić information content (AvgIpc) is 3.22. The van der Waals surface area contributed by atoms with E-state index in [2.05, 4.69) is 10.1 Å². The van der Waals surface area contributed by atoms with Crippen molar-refractivity contribution in [3.63, 3.8) is 0 Å². The van der Waals surface area contributed by atoms with Crippen molar-refractivity contribution in [2.45, 2.75) is 37.8 Å². The summed E-state index contributed by atoms with van der Waals surface area (Å²) in [5.74, 6) is -1.05. The summed E-state index contributed by atoms with van der Waals surface area (Å²) in [5, 5.41) is 43.2. The first-order chi connectivity index (χ1) is 12.9. The fraction of sp³-hybridized carbons (Fsp3) is 0.500. The molecule has 4 N–H and O–H groups in total. The second-order valence-corrected chi connectivity index (χ2v) is 6.43. The maximum absolute atomic E-state index is 12.1. The number of aromatic nitrogens is 3. The van der Waals surface area contributed by atoms with Crippen molar-refractivity contribution in [1.29, 1.82) is 5.26 Å². The third-order valence-corrected chi connectivity index (χ3v) is 4.43. The van der Waals surface area contributed by atoms with Crippen molar-refractivity contribution < 1.29 is 29.7 Å². The fourth-order valence-electron chi connectivity index (χ4n) is 3.02. The standard InChI is InChI=1S/C16H19N5O6/c1-8(2)15(24)26-13-12(23)10(5-22)27-16(13,6-17)11-4-3-9-14(20-25)18-7-19-21(9)11/h3-4,7-8,10,12-13,22-23,25H,5H2,1-2H3,(H,18,19,20)/t10-,12-,13-,16+/m1/s1. The highest BCUT2D eigenvalue weighted by molar-refractivity contribution is 5.72. The van der Waals surface area contributed by atoms with Gasteiger partial charge >= 0.3 is 5.97 Å². The van der Waals surface area contributed by atoms with E-state index in [1.807, 2.05) is 11.5 Å². The number of aliphatic hydroxyl groups is 2. The van der Waals surface area contributed by atoms with Gasteiger partial charge in [0.15, 0.2) is 11.9 Å². The van der Waals surface area contributed by atoms with Gasteiger partial charge in [0.2, 0.25) is 5.60 Å². The monoisotopic (exact) mass is 377 g/mol. The third kappa shape index (κ3) is 2.88. The largest absolute Gasteiger partial charge is 0.455 e. The molecule has 1 aliphatic rings. The number of hydrogen-bond acceptors (Lipinski definition) is 10. The van der Waals surface area contributed by atoms with Crippen LogP contribution in [0, 0.1) is 17.2 Å². The Kier molecular flexibility index (Phi) is 4.99. The van der Waals surface area contributed by atoms with Crippen LogP contribution >= 0.6 is 0 Å². The summed E-state index contributed by atoms with van der Waals surface area (Å²) in [6.07, 6.45) is -2.82. The van der Waals surface area contributed by atoms with E-state index < -0.39 is 42.4 Å². The van der Waals surface area contributed by atoms with Crippen molar-refractivity contribution in [2.24, 2.45) is 5.92 Å². The van der Waals surface area contributed by atoms with Gasteiger partial charge in [-0.1, -0.05) is 13.8 Å².